The van der Waals surface area contributed by atoms with Crippen LogP contribution in [0.15, 0.2) is 36.4 Å². The SMILES string of the molecule is CCCCCCCCCCCCCCC(=S)OCC(COC(=O)CCc1cc(C(C)(C)C)c(O)cc1C)(COC(=O)CCc1cc(C(C)(C)C)c(O)cc1C)COC(=O)CCc1cc(C(C)(C)C)c(O)cc1C. The molecule has 3 N–H and O–H groups in total. The fourth-order valence-electron chi connectivity index (χ4n) is 9.12. The van der Waals surface area contributed by atoms with Crippen molar-refractivity contribution in [2.24, 2.45) is 5.41 Å². The topological polar surface area (TPSA) is 149 Å². The number of phenolic OH excluding ortho intramolecular Hbond substituents is 3. The summed E-state index contributed by atoms with van der Waals surface area (Å²) >= 11 is 5.77. The minimum Gasteiger partial charge on any atom is -0.508 e. The van der Waals surface area contributed by atoms with Crippen LogP contribution in [-0.2, 0) is 68.8 Å². The number of rotatable bonds is 30. The number of carbonyl (C=O) groups excluding carboxylic acids is 3. The summed E-state index contributed by atoms with van der Waals surface area (Å²) in [6.45, 7) is 25.2. The summed E-state index contributed by atoms with van der Waals surface area (Å²) in [5.41, 5.74) is 5.40. The largest absolute Gasteiger partial charge is 0.508 e. The van der Waals surface area contributed by atoms with E-state index in [0.29, 0.717) is 30.7 Å². The first-order valence-electron chi connectivity index (χ1n) is 27.3. The third kappa shape index (κ3) is 22.0. The molecule has 0 atom stereocenters. The maximum absolute atomic E-state index is 13.7. The molecule has 0 amide bonds. The summed E-state index contributed by atoms with van der Waals surface area (Å²) in [6, 6.07) is 11.0. The van der Waals surface area contributed by atoms with Crippen molar-refractivity contribution in [3.8, 4) is 17.2 Å². The second-order valence-corrected chi connectivity index (χ2v) is 24.4. The molecule has 0 radical (unpaired) electrons. The Kier molecular flexibility index (Phi) is 25.3. The molecule has 0 aliphatic rings. The fraction of sp³-hybridized carbons (Fsp3) is 0.645. The van der Waals surface area contributed by atoms with E-state index in [1.54, 1.807) is 18.2 Å². The maximum Gasteiger partial charge on any atom is 0.306 e. The molecular formula is C62H94O10S. The van der Waals surface area contributed by atoms with Crippen molar-refractivity contribution in [2.75, 3.05) is 26.4 Å². The van der Waals surface area contributed by atoms with Crippen LogP contribution in [0.4, 0.5) is 0 Å². The van der Waals surface area contributed by atoms with Crippen LogP contribution in [0.25, 0.3) is 0 Å². The average Bonchev–Trinajstić information content (AvgIpc) is 3.29. The molecule has 0 bridgehead atoms. The van der Waals surface area contributed by atoms with Gasteiger partial charge in [0.1, 0.15) is 49.1 Å². The van der Waals surface area contributed by atoms with Crippen molar-refractivity contribution in [1.82, 2.24) is 0 Å². The van der Waals surface area contributed by atoms with Gasteiger partial charge in [-0.15, -0.1) is 0 Å². The molecule has 0 fully saturated rings. The number of thiocarbonyl (C=S) groups is 1. The van der Waals surface area contributed by atoms with Gasteiger partial charge in [-0.3, -0.25) is 14.4 Å². The number of hydrogen-bond acceptors (Lipinski definition) is 11. The lowest BCUT2D eigenvalue weighted by Crippen LogP contribution is -2.44. The lowest BCUT2D eigenvalue weighted by atomic mass is 9.84. The molecule has 0 saturated heterocycles. The zero-order valence-corrected chi connectivity index (χ0v) is 48.2. The first-order chi connectivity index (χ1) is 34.2. The van der Waals surface area contributed by atoms with Crippen LogP contribution in [0.3, 0.4) is 0 Å². The van der Waals surface area contributed by atoms with Crippen LogP contribution < -0.4 is 0 Å². The van der Waals surface area contributed by atoms with E-state index < -0.39 is 23.3 Å². The third-order valence-electron chi connectivity index (χ3n) is 14.0. The number of aromatic hydroxyl groups is 3. The second kappa shape index (κ2) is 29.5. The Bertz CT molecular complexity index is 2040. The molecule has 0 aromatic heterocycles. The molecule has 11 heteroatoms. The highest BCUT2D eigenvalue weighted by atomic mass is 32.1. The van der Waals surface area contributed by atoms with Gasteiger partial charge in [0.05, 0.1) is 0 Å². The van der Waals surface area contributed by atoms with E-state index in [2.05, 4.69) is 6.92 Å². The highest BCUT2D eigenvalue weighted by Crippen LogP contribution is 2.36. The predicted molar refractivity (Wildman–Crippen MR) is 299 cm³/mol. The Morgan fingerprint density at radius 2 is 0.699 bits per heavy atom. The molecule has 0 spiro atoms. The van der Waals surface area contributed by atoms with Crippen molar-refractivity contribution in [3.63, 3.8) is 0 Å². The fourth-order valence-corrected chi connectivity index (χ4v) is 9.32. The summed E-state index contributed by atoms with van der Waals surface area (Å²) in [6.07, 6.45) is 16.3. The van der Waals surface area contributed by atoms with E-state index in [-0.39, 0.29) is 79.2 Å². The van der Waals surface area contributed by atoms with Crippen LogP contribution in [0, 0.1) is 26.2 Å². The van der Waals surface area contributed by atoms with Gasteiger partial charge in [0.25, 0.3) is 0 Å². The standard InChI is InChI=1S/C62H94O10S/c1-14-15-16-17-18-19-20-21-22-23-24-25-26-58(73)72-42-62(39-69-55(66)30-27-46-36-49(59(5,6)7)52(63)33-43(46)2,40-70-56(67)31-28-47-37-50(60(8,9)10)53(64)34-44(47)3)41-71-57(68)32-29-48-38-51(61(11,12)13)54(65)35-45(48)4/h33-38,63-65H,14-32,39-42H2,1-13H3. The first-order valence-corrected chi connectivity index (χ1v) is 27.7. The lowest BCUT2D eigenvalue weighted by Gasteiger charge is -2.32. The van der Waals surface area contributed by atoms with Gasteiger partial charge in [-0.2, -0.15) is 0 Å². The zero-order valence-electron chi connectivity index (χ0n) is 47.3. The summed E-state index contributed by atoms with van der Waals surface area (Å²) in [5, 5.41) is 32.5. The number of unbranched alkanes of at least 4 members (excludes halogenated alkanes) is 11. The van der Waals surface area contributed by atoms with E-state index in [1.165, 1.54) is 57.8 Å². The summed E-state index contributed by atoms with van der Waals surface area (Å²) in [7, 11) is 0. The van der Waals surface area contributed by atoms with E-state index in [0.717, 1.165) is 69.3 Å². The van der Waals surface area contributed by atoms with Crippen LogP contribution in [-0.4, -0.2) is 64.7 Å². The quantitative estimate of drug-likeness (QED) is 0.0254. The summed E-state index contributed by atoms with van der Waals surface area (Å²) in [5.74, 6) is -0.865. The molecule has 73 heavy (non-hydrogen) atoms. The average molecular weight is 1030 g/mol. The van der Waals surface area contributed by atoms with Gasteiger partial charge in [-0.1, -0.05) is 158 Å². The number of hydrogen-bond donors (Lipinski definition) is 3. The van der Waals surface area contributed by atoms with Crippen LogP contribution in [0.1, 0.15) is 222 Å². The van der Waals surface area contributed by atoms with Crippen molar-refractivity contribution in [1.29, 1.82) is 0 Å². The molecule has 0 aliphatic heterocycles. The van der Waals surface area contributed by atoms with Gasteiger partial charge in [0.2, 0.25) is 0 Å². The molecule has 408 valence electrons. The Balaban J connectivity index is 1.85. The monoisotopic (exact) mass is 1030 g/mol. The number of esters is 3. The van der Waals surface area contributed by atoms with E-state index in [9.17, 15) is 29.7 Å². The Morgan fingerprint density at radius 3 is 0.986 bits per heavy atom. The molecule has 0 heterocycles. The molecule has 0 unspecified atom stereocenters. The van der Waals surface area contributed by atoms with Crippen molar-refractivity contribution >= 4 is 35.2 Å². The number of ether oxygens (including phenoxy) is 4. The minimum absolute atomic E-state index is 0.0359. The highest BCUT2D eigenvalue weighted by molar-refractivity contribution is 7.80. The van der Waals surface area contributed by atoms with Crippen molar-refractivity contribution in [2.45, 2.75) is 228 Å². The maximum atomic E-state index is 13.7. The number of aryl methyl sites for hydroxylation is 6. The molecular weight excluding hydrogens is 937 g/mol. The predicted octanol–water partition coefficient (Wildman–Crippen LogP) is 14.9. The third-order valence-corrected chi connectivity index (χ3v) is 14.3. The Hall–Kier alpha value is -4.64. The van der Waals surface area contributed by atoms with Crippen LogP contribution in [0.2, 0.25) is 0 Å². The summed E-state index contributed by atoms with van der Waals surface area (Å²) < 4.78 is 24.4. The van der Waals surface area contributed by atoms with E-state index >= 15 is 0 Å². The van der Waals surface area contributed by atoms with Crippen molar-refractivity contribution in [3.05, 3.63) is 86.5 Å². The van der Waals surface area contributed by atoms with E-state index in [1.807, 2.05) is 101 Å². The van der Waals surface area contributed by atoms with E-state index in [4.69, 9.17) is 31.2 Å². The Morgan fingerprint density at radius 1 is 0.425 bits per heavy atom. The van der Waals surface area contributed by atoms with Gasteiger partial charge < -0.3 is 34.3 Å². The lowest BCUT2D eigenvalue weighted by molar-refractivity contribution is -0.164. The van der Waals surface area contributed by atoms with Crippen LogP contribution >= 0.6 is 12.2 Å². The number of carbonyl (C=O) groups is 3. The molecule has 3 rings (SSSR count). The molecule has 3 aromatic carbocycles. The first kappa shape index (κ1) is 62.7. The molecule has 0 aliphatic carbocycles. The van der Waals surface area contributed by atoms with Crippen LogP contribution in [0.5, 0.6) is 17.2 Å². The minimum atomic E-state index is -1.32. The van der Waals surface area contributed by atoms with Gasteiger partial charge in [-0.05, 0) is 143 Å². The zero-order chi connectivity index (χ0) is 54.6. The van der Waals surface area contributed by atoms with Gasteiger partial charge in [0.15, 0.2) is 5.05 Å². The normalized spacial score (nSPS) is 12.2. The highest BCUT2D eigenvalue weighted by Gasteiger charge is 2.38. The number of benzene rings is 3. The van der Waals surface area contributed by atoms with Gasteiger partial charge in [-0.25, -0.2) is 0 Å². The molecule has 0 saturated carbocycles. The van der Waals surface area contributed by atoms with Gasteiger partial charge >= 0.3 is 17.9 Å². The molecule has 3 aromatic rings. The summed E-state index contributed by atoms with van der Waals surface area (Å²) in [4.78, 5) is 41.1. The van der Waals surface area contributed by atoms with Gasteiger partial charge in [0, 0.05) is 25.7 Å². The smallest absolute Gasteiger partial charge is 0.306 e. The second-order valence-electron chi connectivity index (χ2n) is 23.9. The molecule has 10 nitrogen and oxygen atoms in total. The Labute approximate surface area is 445 Å². The number of phenols is 3. The van der Waals surface area contributed by atoms with Crippen molar-refractivity contribution < 1.29 is 48.7 Å².